The standard InChI is InChI=1S/C14H19N3O2/c1-10(2)15-14(19)16-13(18)9-17-8-7-11-5-3-4-6-12(11)17/h3-6,10H,7-9H2,1-2H3,(H2,15,16,18,19). The van der Waals surface area contributed by atoms with Gasteiger partial charge in [0.15, 0.2) is 0 Å². The minimum atomic E-state index is -0.438. The van der Waals surface area contributed by atoms with Crippen LogP contribution in [0.1, 0.15) is 19.4 Å². The first-order valence-electron chi connectivity index (χ1n) is 6.49. The van der Waals surface area contributed by atoms with Crippen LogP contribution in [0, 0.1) is 0 Å². The maximum atomic E-state index is 11.8. The number of nitrogens with zero attached hydrogens (tertiary/aromatic N) is 1. The van der Waals surface area contributed by atoms with E-state index in [-0.39, 0.29) is 18.5 Å². The number of urea groups is 1. The number of anilines is 1. The van der Waals surface area contributed by atoms with E-state index < -0.39 is 6.03 Å². The first-order chi connectivity index (χ1) is 9.06. The van der Waals surface area contributed by atoms with Crippen LogP contribution >= 0.6 is 0 Å². The molecule has 2 rings (SSSR count). The van der Waals surface area contributed by atoms with Crippen LogP contribution in [0.5, 0.6) is 0 Å². The molecule has 0 unspecified atom stereocenters. The second-order valence-electron chi connectivity index (χ2n) is 4.98. The highest BCUT2D eigenvalue weighted by Crippen LogP contribution is 2.26. The van der Waals surface area contributed by atoms with E-state index in [1.54, 1.807) is 0 Å². The molecule has 5 nitrogen and oxygen atoms in total. The van der Waals surface area contributed by atoms with Gasteiger partial charge >= 0.3 is 6.03 Å². The van der Waals surface area contributed by atoms with Gasteiger partial charge in [0.1, 0.15) is 0 Å². The SMILES string of the molecule is CC(C)NC(=O)NC(=O)CN1CCc2ccccc21. The average Bonchev–Trinajstić information content (AvgIpc) is 2.71. The number of carbonyl (C=O) groups is 2. The van der Waals surface area contributed by atoms with Crippen LogP contribution in [0.2, 0.25) is 0 Å². The van der Waals surface area contributed by atoms with E-state index >= 15 is 0 Å². The number of rotatable bonds is 3. The second kappa shape index (κ2) is 5.73. The minimum Gasteiger partial charge on any atom is -0.362 e. The van der Waals surface area contributed by atoms with Crippen molar-refractivity contribution >= 4 is 17.6 Å². The molecule has 1 aliphatic heterocycles. The number of para-hydroxylation sites is 1. The first-order valence-corrected chi connectivity index (χ1v) is 6.49. The Labute approximate surface area is 113 Å². The number of fused-ring (bicyclic) bond motifs is 1. The maximum absolute atomic E-state index is 11.8. The fraction of sp³-hybridized carbons (Fsp3) is 0.429. The van der Waals surface area contributed by atoms with Gasteiger partial charge in [0.25, 0.3) is 0 Å². The molecule has 0 fully saturated rings. The minimum absolute atomic E-state index is 0.0142. The molecule has 0 saturated carbocycles. The first kappa shape index (κ1) is 13.4. The van der Waals surface area contributed by atoms with E-state index in [0.29, 0.717) is 0 Å². The second-order valence-corrected chi connectivity index (χ2v) is 4.98. The van der Waals surface area contributed by atoms with Crippen molar-refractivity contribution in [2.45, 2.75) is 26.3 Å². The van der Waals surface area contributed by atoms with Crippen LogP contribution in [0.3, 0.4) is 0 Å². The molecule has 1 heterocycles. The zero-order valence-corrected chi connectivity index (χ0v) is 11.3. The molecule has 0 aromatic heterocycles. The molecule has 0 atom stereocenters. The fourth-order valence-corrected chi connectivity index (χ4v) is 2.21. The van der Waals surface area contributed by atoms with Crippen LogP contribution in [0.25, 0.3) is 0 Å². The van der Waals surface area contributed by atoms with E-state index in [9.17, 15) is 9.59 Å². The van der Waals surface area contributed by atoms with Crippen molar-refractivity contribution in [2.24, 2.45) is 0 Å². The summed E-state index contributed by atoms with van der Waals surface area (Å²) in [5.74, 6) is -0.283. The highest BCUT2D eigenvalue weighted by molar-refractivity contribution is 5.96. The van der Waals surface area contributed by atoms with Crippen LogP contribution < -0.4 is 15.5 Å². The van der Waals surface area contributed by atoms with Crippen LogP contribution in [-0.4, -0.2) is 31.1 Å². The maximum Gasteiger partial charge on any atom is 0.321 e. The van der Waals surface area contributed by atoms with Gasteiger partial charge in [0, 0.05) is 18.3 Å². The quantitative estimate of drug-likeness (QED) is 0.861. The van der Waals surface area contributed by atoms with Gasteiger partial charge < -0.3 is 10.2 Å². The van der Waals surface area contributed by atoms with Crippen molar-refractivity contribution in [1.29, 1.82) is 0 Å². The van der Waals surface area contributed by atoms with Crippen LogP contribution in [0.15, 0.2) is 24.3 Å². The van der Waals surface area contributed by atoms with Gasteiger partial charge in [-0.25, -0.2) is 4.79 Å². The summed E-state index contributed by atoms with van der Waals surface area (Å²) in [6.45, 7) is 4.72. The van der Waals surface area contributed by atoms with E-state index in [1.165, 1.54) is 5.56 Å². The van der Waals surface area contributed by atoms with Gasteiger partial charge in [0.05, 0.1) is 6.54 Å². The Morgan fingerprint density at radius 3 is 2.79 bits per heavy atom. The van der Waals surface area contributed by atoms with E-state index in [4.69, 9.17) is 0 Å². The van der Waals surface area contributed by atoms with E-state index in [1.807, 2.05) is 36.9 Å². The van der Waals surface area contributed by atoms with Crippen molar-refractivity contribution in [3.8, 4) is 0 Å². The van der Waals surface area contributed by atoms with Crippen molar-refractivity contribution in [2.75, 3.05) is 18.0 Å². The van der Waals surface area contributed by atoms with Crippen molar-refractivity contribution in [3.63, 3.8) is 0 Å². The lowest BCUT2D eigenvalue weighted by Gasteiger charge is -2.18. The smallest absolute Gasteiger partial charge is 0.321 e. The fourth-order valence-electron chi connectivity index (χ4n) is 2.21. The average molecular weight is 261 g/mol. The van der Waals surface area contributed by atoms with Crippen molar-refractivity contribution in [3.05, 3.63) is 29.8 Å². The molecule has 0 aliphatic carbocycles. The third kappa shape index (κ3) is 3.47. The molecule has 0 saturated heterocycles. The van der Waals surface area contributed by atoms with E-state index in [0.717, 1.165) is 18.7 Å². The monoisotopic (exact) mass is 261 g/mol. The molecule has 5 heteroatoms. The Hall–Kier alpha value is -2.04. The number of hydrogen-bond donors (Lipinski definition) is 2. The Bertz CT molecular complexity index is 485. The molecule has 1 aromatic carbocycles. The summed E-state index contributed by atoms with van der Waals surface area (Å²) in [5.41, 5.74) is 2.34. The molecule has 0 spiro atoms. The van der Waals surface area contributed by atoms with Gasteiger partial charge in [-0.1, -0.05) is 18.2 Å². The number of nitrogens with one attached hydrogen (secondary N) is 2. The molecule has 1 aromatic rings. The summed E-state index contributed by atoms with van der Waals surface area (Å²) in [7, 11) is 0. The normalized spacial score (nSPS) is 13.3. The Morgan fingerprint density at radius 2 is 2.05 bits per heavy atom. The molecule has 1 aliphatic rings. The van der Waals surface area contributed by atoms with E-state index in [2.05, 4.69) is 16.7 Å². The lowest BCUT2D eigenvalue weighted by molar-refractivity contribution is -0.118. The highest BCUT2D eigenvalue weighted by atomic mass is 16.2. The van der Waals surface area contributed by atoms with Crippen molar-refractivity contribution < 1.29 is 9.59 Å². The van der Waals surface area contributed by atoms with Gasteiger partial charge in [-0.05, 0) is 31.9 Å². The molecule has 0 bridgehead atoms. The Morgan fingerprint density at radius 1 is 1.32 bits per heavy atom. The summed E-state index contributed by atoms with van der Waals surface area (Å²) in [6, 6.07) is 7.61. The number of imide groups is 1. The summed E-state index contributed by atoms with van der Waals surface area (Å²) < 4.78 is 0. The zero-order chi connectivity index (χ0) is 13.8. The third-order valence-corrected chi connectivity index (χ3v) is 2.99. The van der Waals surface area contributed by atoms with Crippen molar-refractivity contribution in [1.82, 2.24) is 10.6 Å². The predicted molar refractivity (Wildman–Crippen MR) is 74.2 cm³/mol. The van der Waals surface area contributed by atoms with Gasteiger partial charge in [-0.2, -0.15) is 0 Å². The largest absolute Gasteiger partial charge is 0.362 e. The molecule has 102 valence electrons. The molecule has 3 amide bonds. The van der Waals surface area contributed by atoms with Gasteiger partial charge in [-0.15, -0.1) is 0 Å². The summed E-state index contributed by atoms with van der Waals surface area (Å²) >= 11 is 0. The number of benzene rings is 1. The molecule has 2 N–H and O–H groups in total. The predicted octanol–water partition coefficient (Wildman–Crippen LogP) is 1.28. The molecular formula is C14H19N3O2. The zero-order valence-electron chi connectivity index (χ0n) is 11.3. The lowest BCUT2D eigenvalue weighted by Crippen LogP contribution is -2.46. The molecule has 0 radical (unpaired) electrons. The van der Waals surface area contributed by atoms with Crippen LogP contribution in [-0.2, 0) is 11.2 Å². The highest BCUT2D eigenvalue weighted by Gasteiger charge is 2.21. The number of amides is 3. The van der Waals surface area contributed by atoms with Gasteiger partial charge in [-0.3, -0.25) is 10.1 Å². The number of hydrogen-bond acceptors (Lipinski definition) is 3. The summed E-state index contributed by atoms with van der Waals surface area (Å²) in [4.78, 5) is 25.2. The number of carbonyl (C=O) groups excluding carboxylic acids is 2. The summed E-state index contributed by atoms with van der Waals surface area (Å²) in [6.07, 6.45) is 0.946. The third-order valence-electron chi connectivity index (χ3n) is 2.99. The van der Waals surface area contributed by atoms with Crippen LogP contribution in [0.4, 0.5) is 10.5 Å². The Balaban J connectivity index is 1.89. The molecule has 19 heavy (non-hydrogen) atoms. The lowest BCUT2D eigenvalue weighted by atomic mass is 10.2. The molecular weight excluding hydrogens is 242 g/mol. The van der Waals surface area contributed by atoms with Gasteiger partial charge in [0.2, 0.25) is 5.91 Å². The topological polar surface area (TPSA) is 61.4 Å². The summed E-state index contributed by atoms with van der Waals surface area (Å²) in [5, 5.41) is 4.97. The Kier molecular flexibility index (Phi) is 4.04.